The Bertz CT molecular complexity index is 359. The molecule has 1 N–H and O–H groups in total. The molecule has 0 spiro atoms. The van der Waals surface area contributed by atoms with Crippen molar-refractivity contribution in [3.63, 3.8) is 0 Å². The van der Waals surface area contributed by atoms with E-state index in [2.05, 4.69) is 31.5 Å². The topological polar surface area (TPSA) is 20.2 Å². The molecule has 0 radical (unpaired) electrons. The number of hydrogen-bond acceptors (Lipinski definition) is 1. The van der Waals surface area contributed by atoms with E-state index in [4.69, 9.17) is 0 Å². The number of benzene rings is 1. The van der Waals surface area contributed by atoms with Crippen molar-refractivity contribution in [1.82, 2.24) is 0 Å². The summed E-state index contributed by atoms with van der Waals surface area (Å²) in [6.07, 6.45) is -0.635. The van der Waals surface area contributed by atoms with Crippen molar-refractivity contribution in [3.05, 3.63) is 35.9 Å². The zero-order chi connectivity index (χ0) is 11.3. The lowest BCUT2D eigenvalue weighted by Crippen LogP contribution is -2.21. The van der Waals surface area contributed by atoms with Crippen LogP contribution in [0.3, 0.4) is 0 Å². The van der Waals surface area contributed by atoms with Crippen molar-refractivity contribution in [3.8, 4) is 11.5 Å². The molecule has 1 atom stereocenters. The SMILES string of the molecule is CC[Si](C)(C)C#C[C@H](O)c1ccccc1. The lowest BCUT2D eigenvalue weighted by Gasteiger charge is -2.11. The van der Waals surface area contributed by atoms with Crippen molar-refractivity contribution in [2.45, 2.75) is 32.2 Å². The van der Waals surface area contributed by atoms with Gasteiger partial charge in [-0.25, -0.2) is 0 Å². The second-order valence-electron chi connectivity index (χ2n) is 4.32. The average molecular weight is 218 g/mol. The largest absolute Gasteiger partial charge is 0.376 e. The summed E-state index contributed by atoms with van der Waals surface area (Å²) in [5, 5.41) is 9.83. The zero-order valence-corrected chi connectivity index (χ0v) is 10.6. The molecule has 0 aromatic heterocycles. The maximum Gasteiger partial charge on any atom is 0.139 e. The molecule has 0 unspecified atom stereocenters. The zero-order valence-electron chi connectivity index (χ0n) is 9.62. The van der Waals surface area contributed by atoms with Crippen LogP contribution in [0.5, 0.6) is 0 Å². The van der Waals surface area contributed by atoms with Crippen molar-refractivity contribution in [2.24, 2.45) is 0 Å². The molecule has 1 rings (SSSR count). The summed E-state index contributed by atoms with van der Waals surface area (Å²) in [5.74, 6) is 2.96. The summed E-state index contributed by atoms with van der Waals surface area (Å²) in [6.45, 7) is 6.60. The lowest BCUT2D eigenvalue weighted by atomic mass is 10.1. The maximum absolute atomic E-state index is 9.83. The van der Waals surface area contributed by atoms with Gasteiger partial charge < -0.3 is 5.11 Å². The third kappa shape index (κ3) is 3.91. The number of hydrogen-bond donors (Lipinski definition) is 1. The first kappa shape index (κ1) is 12.0. The summed E-state index contributed by atoms with van der Waals surface area (Å²) < 4.78 is 0. The molecule has 15 heavy (non-hydrogen) atoms. The fourth-order valence-corrected chi connectivity index (χ4v) is 1.78. The van der Waals surface area contributed by atoms with Gasteiger partial charge in [0.15, 0.2) is 0 Å². The Balaban J connectivity index is 2.76. The molecule has 0 fully saturated rings. The van der Waals surface area contributed by atoms with Crippen LogP contribution in [0, 0.1) is 11.5 Å². The molecule has 1 aromatic rings. The molecule has 0 aliphatic carbocycles. The predicted molar refractivity (Wildman–Crippen MR) is 67.1 cm³/mol. The molecule has 1 nitrogen and oxygen atoms in total. The summed E-state index contributed by atoms with van der Waals surface area (Å²) >= 11 is 0. The first-order valence-electron chi connectivity index (χ1n) is 5.31. The minimum Gasteiger partial charge on any atom is -0.376 e. The molecule has 1 aromatic carbocycles. The normalized spacial score (nSPS) is 12.8. The minimum atomic E-state index is -1.39. The highest BCUT2D eigenvalue weighted by molar-refractivity contribution is 6.85. The highest BCUT2D eigenvalue weighted by Crippen LogP contribution is 2.12. The van der Waals surface area contributed by atoms with Crippen molar-refractivity contribution >= 4 is 8.07 Å². The van der Waals surface area contributed by atoms with E-state index in [1.54, 1.807) is 0 Å². The number of aliphatic hydroxyl groups excluding tert-OH is 1. The van der Waals surface area contributed by atoms with Crippen LogP contribution in [0.4, 0.5) is 0 Å². The van der Waals surface area contributed by atoms with E-state index in [9.17, 15) is 5.11 Å². The molecular formula is C13H18OSi. The molecule has 80 valence electrons. The van der Waals surface area contributed by atoms with Gasteiger partial charge in [0, 0.05) is 0 Å². The number of aliphatic hydroxyl groups is 1. The molecule has 2 heteroatoms. The Hall–Kier alpha value is -1.04. The van der Waals surface area contributed by atoms with Gasteiger partial charge in [0.2, 0.25) is 0 Å². The second kappa shape index (κ2) is 5.15. The highest BCUT2D eigenvalue weighted by Gasteiger charge is 2.14. The van der Waals surface area contributed by atoms with Crippen molar-refractivity contribution in [1.29, 1.82) is 0 Å². The molecular weight excluding hydrogens is 200 g/mol. The quantitative estimate of drug-likeness (QED) is 0.597. The Morgan fingerprint density at radius 3 is 2.40 bits per heavy atom. The first-order valence-corrected chi connectivity index (χ1v) is 8.51. The predicted octanol–water partition coefficient (Wildman–Crippen LogP) is 2.99. The average Bonchev–Trinajstić information content (AvgIpc) is 2.27. The van der Waals surface area contributed by atoms with Crippen LogP contribution < -0.4 is 0 Å². The van der Waals surface area contributed by atoms with Crippen LogP contribution in [-0.4, -0.2) is 13.2 Å². The fourth-order valence-electron chi connectivity index (χ4n) is 1.07. The van der Waals surface area contributed by atoms with Crippen LogP contribution >= 0.6 is 0 Å². The van der Waals surface area contributed by atoms with Crippen LogP contribution in [0.15, 0.2) is 30.3 Å². The van der Waals surface area contributed by atoms with Gasteiger partial charge in [-0.05, 0) is 11.6 Å². The third-order valence-electron chi connectivity index (χ3n) is 2.55. The van der Waals surface area contributed by atoms with Crippen LogP contribution in [0.1, 0.15) is 18.6 Å². The second-order valence-corrected chi connectivity index (χ2v) is 9.04. The van der Waals surface area contributed by atoms with Crippen LogP contribution in [-0.2, 0) is 0 Å². The molecule has 0 amide bonds. The minimum absolute atomic E-state index is 0.635. The van der Waals surface area contributed by atoms with Gasteiger partial charge in [0.1, 0.15) is 14.2 Å². The smallest absolute Gasteiger partial charge is 0.139 e. The summed E-state index contributed by atoms with van der Waals surface area (Å²) in [4.78, 5) is 0. The molecule has 0 heterocycles. The fraction of sp³-hybridized carbons (Fsp3) is 0.385. The summed E-state index contributed by atoms with van der Waals surface area (Å²) in [6, 6.07) is 10.7. The van der Waals surface area contributed by atoms with Gasteiger partial charge in [0.25, 0.3) is 0 Å². The van der Waals surface area contributed by atoms with E-state index in [1.165, 1.54) is 0 Å². The molecule has 0 saturated carbocycles. The Labute approximate surface area is 93.2 Å². The van der Waals surface area contributed by atoms with Crippen LogP contribution in [0.25, 0.3) is 0 Å². The first-order chi connectivity index (χ1) is 7.05. The molecule has 0 bridgehead atoms. The van der Waals surface area contributed by atoms with E-state index in [0.717, 1.165) is 11.6 Å². The van der Waals surface area contributed by atoms with Crippen molar-refractivity contribution in [2.75, 3.05) is 0 Å². The van der Waals surface area contributed by atoms with Gasteiger partial charge in [-0.15, -0.1) is 5.54 Å². The van der Waals surface area contributed by atoms with E-state index in [-0.39, 0.29) is 0 Å². The summed E-state index contributed by atoms with van der Waals surface area (Å²) in [7, 11) is -1.39. The van der Waals surface area contributed by atoms with Gasteiger partial charge in [0.05, 0.1) is 0 Å². The number of rotatable bonds is 2. The highest BCUT2D eigenvalue weighted by atomic mass is 28.3. The Morgan fingerprint density at radius 1 is 1.27 bits per heavy atom. The molecule has 0 aliphatic rings. The molecule has 0 saturated heterocycles. The van der Waals surface area contributed by atoms with E-state index in [0.29, 0.717) is 0 Å². The van der Waals surface area contributed by atoms with E-state index >= 15 is 0 Å². The Kier molecular flexibility index (Phi) is 4.13. The lowest BCUT2D eigenvalue weighted by molar-refractivity contribution is 0.238. The maximum atomic E-state index is 9.83. The molecule has 0 aliphatic heterocycles. The van der Waals surface area contributed by atoms with Gasteiger partial charge in [-0.1, -0.05) is 56.3 Å². The van der Waals surface area contributed by atoms with Crippen LogP contribution in [0.2, 0.25) is 19.1 Å². The Morgan fingerprint density at radius 2 is 1.87 bits per heavy atom. The standard InChI is InChI=1S/C13H18OSi/c1-4-15(2,3)11-10-13(14)12-8-6-5-7-9-12/h5-9,13-14H,4H2,1-3H3/t13-/m0/s1. The summed E-state index contributed by atoms with van der Waals surface area (Å²) in [5.41, 5.74) is 4.13. The van der Waals surface area contributed by atoms with E-state index in [1.807, 2.05) is 30.3 Å². The van der Waals surface area contributed by atoms with Gasteiger partial charge in [-0.2, -0.15) is 0 Å². The van der Waals surface area contributed by atoms with E-state index < -0.39 is 14.2 Å². The van der Waals surface area contributed by atoms with Gasteiger partial charge >= 0.3 is 0 Å². The van der Waals surface area contributed by atoms with Crippen molar-refractivity contribution < 1.29 is 5.11 Å². The monoisotopic (exact) mass is 218 g/mol. The van der Waals surface area contributed by atoms with Gasteiger partial charge in [-0.3, -0.25) is 0 Å². The third-order valence-corrected chi connectivity index (χ3v) is 5.14.